The van der Waals surface area contributed by atoms with Crippen molar-refractivity contribution in [2.24, 2.45) is 0 Å². The fourth-order valence-electron chi connectivity index (χ4n) is 1.83. The summed E-state index contributed by atoms with van der Waals surface area (Å²) in [6, 6.07) is 8.62. The Labute approximate surface area is 132 Å². The van der Waals surface area contributed by atoms with Gasteiger partial charge < -0.3 is 13.9 Å². The van der Waals surface area contributed by atoms with E-state index in [9.17, 15) is 9.59 Å². The molecule has 5 nitrogen and oxygen atoms in total. The topological polar surface area (TPSA) is 65.7 Å². The minimum Gasteiger partial charge on any atom is -0.492 e. The lowest BCUT2D eigenvalue weighted by Crippen LogP contribution is -2.08. The van der Waals surface area contributed by atoms with Gasteiger partial charge in [0.25, 0.3) is 0 Å². The molecule has 0 amide bonds. The Morgan fingerprint density at radius 2 is 2.00 bits per heavy atom. The molecule has 0 N–H and O–H groups in total. The van der Waals surface area contributed by atoms with E-state index in [1.54, 1.807) is 24.8 Å². The van der Waals surface area contributed by atoms with Gasteiger partial charge in [0.1, 0.15) is 17.9 Å². The van der Waals surface area contributed by atoms with Crippen LogP contribution < -0.4 is 10.4 Å². The molecular formula is C16H18O5S. The van der Waals surface area contributed by atoms with Crippen LogP contribution in [0.3, 0.4) is 0 Å². The van der Waals surface area contributed by atoms with E-state index in [-0.39, 0.29) is 5.97 Å². The van der Waals surface area contributed by atoms with E-state index in [0.29, 0.717) is 31.0 Å². The monoisotopic (exact) mass is 322 g/mol. The highest BCUT2D eigenvalue weighted by atomic mass is 32.2. The number of benzene rings is 1. The third kappa shape index (κ3) is 4.80. The lowest BCUT2D eigenvalue weighted by molar-refractivity contribution is -0.142. The van der Waals surface area contributed by atoms with Crippen molar-refractivity contribution in [3.05, 3.63) is 40.8 Å². The average Bonchev–Trinajstić information content (AvgIpc) is 2.53. The van der Waals surface area contributed by atoms with Gasteiger partial charge in [0.05, 0.1) is 18.1 Å². The van der Waals surface area contributed by atoms with Crippen LogP contribution in [0, 0.1) is 0 Å². The van der Waals surface area contributed by atoms with Crippen molar-refractivity contribution < 1.29 is 18.7 Å². The lowest BCUT2D eigenvalue weighted by atomic mass is 10.2. The molecule has 0 unspecified atom stereocenters. The molecule has 1 aromatic carbocycles. The number of thioether (sulfide) groups is 1. The third-order valence-corrected chi connectivity index (χ3v) is 3.79. The molecule has 2 rings (SSSR count). The van der Waals surface area contributed by atoms with Crippen LogP contribution in [0.25, 0.3) is 11.0 Å². The molecule has 0 saturated heterocycles. The van der Waals surface area contributed by atoms with E-state index in [4.69, 9.17) is 13.9 Å². The molecule has 0 aliphatic rings. The fraction of sp³-hybridized carbons (Fsp3) is 0.375. The van der Waals surface area contributed by atoms with Crippen molar-refractivity contribution in [1.82, 2.24) is 0 Å². The molecule has 0 aliphatic carbocycles. The number of hydrogen-bond donors (Lipinski definition) is 0. The first-order valence-corrected chi connectivity index (χ1v) is 8.25. The predicted octanol–water partition coefficient (Wildman–Crippen LogP) is 2.86. The number of hydrogen-bond acceptors (Lipinski definition) is 6. The number of ether oxygens (including phenoxy) is 2. The van der Waals surface area contributed by atoms with Crippen LogP contribution in [-0.2, 0) is 9.53 Å². The Kier molecular flexibility index (Phi) is 6.33. The van der Waals surface area contributed by atoms with E-state index in [1.165, 1.54) is 6.07 Å². The minimum atomic E-state index is -0.423. The molecule has 0 bridgehead atoms. The van der Waals surface area contributed by atoms with Crippen LogP contribution in [0.1, 0.15) is 13.3 Å². The van der Waals surface area contributed by atoms with Gasteiger partial charge in [-0.2, -0.15) is 11.8 Å². The normalized spacial score (nSPS) is 10.6. The van der Waals surface area contributed by atoms with E-state index in [0.717, 1.165) is 16.9 Å². The summed E-state index contributed by atoms with van der Waals surface area (Å²) in [7, 11) is 0. The first-order valence-electron chi connectivity index (χ1n) is 7.09. The van der Waals surface area contributed by atoms with E-state index in [2.05, 4.69) is 0 Å². The first-order chi connectivity index (χ1) is 10.7. The predicted molar refractivity (Wildman–Crippen MR) is 86.6 cm³/mol. The summed E-state index contributed by atoms with van der Waals surface area (Å²) in [6.45, 7) is 2.65. The van der Waals surface area contributed by atoms with Crippen LogP contribution in [0.5, 0.6) is 5.75 Å². The molecule has 1 heterocycles. The van der Waals surface area contributed by atoms with Crippen molar-refractivity contribution in [3.63, 3.8) is 0 Å². The third-order valence-electron chi connectivity index (χ3n) is 2.88. The zero-order valence-electron chi connectivity index (χ0n) is 12.4. The fourth-order valence-corrected chi connectivity index (χ4v) is 2.44. The maximum absolute atomic E-state index is 11.5. The zero-order chi connectivity index (χ0) is 15.8. The van der Waals surface area contributed by atoms with Gasteiger partial charge >= 0.3 is 11.6 Å². The molecule has 0 fully saturated rings. The molecule has 2 aromatic rings. The molecule has 6 heteroatoms. The van der Waals surface area contributed by atoms with Crippen molar-refractivity contribution >= 4 is 28.7 Å². The van der Waals surface area contributed by atoms with Crippen LogP contribution in [0.4, 0.5) is 0 Å². The molecule has 118 valence electrons. The lowest BCUT2D eigenvalue weighted by Gasteiger charge is -2.08. The van der Waals surface area contributed by atoms with Gasteiger partial charge in [0.2, 0.25) is 0 Å². The van der Waals surface area contributed by atoms with Crippen LogP contribution in [0.2, 0.25) is 0 Å². The van der Waals surface area contributed by atoms with Gasteiger partial charge in [0, 0.05) is 17.9 Å². The highest BCUT2D eigenvalue weighted by molar-refractivity contribution is 7.99. The molecule has 0 saturated carbocycles. The second-order valence-electron chi connectivity index (χ2n) is 4.46. The van der Waals surface area contributed by atoms with Crippen molar-refractivity contribution in [2.75, 3.05) is 24.7 Å². The number of para-hydroxylation sites is 1. The summed E-state index contributed by atoms with van der Waals surface area (Å²) in [6.07, 6.45) is 0.400. The van der Waals surface area contributed by atoms with Crippen molar-refractivity contribution in [3.8, 4) is 5.75 Å². The molecule has 0 aliphatic heterocycles. The van der Waals surface area contributed by atoms with Gasteiger partial charge in [0.15, 0.2) is 0 Å². The summed E-state index contributed by atoms with van der Waals surface area (Å²) in [5.41, 5.74) is 0.0944. The molecule has 0 radical (unpaired) electrons. The Balaban J connectivity index is 1.78. The van der Waals surface area contributed by atoms with Gasteiger partial charge in [-0.3, -0.25) is 4.79 Å². The molecule has 0 atom stereocenters. The van der Waals surface area contributed by atoms with Crippen molar-refractivity contribution in [1.29, 1.82) is 0 Å². The number of esters is 1. The number of fused-ring (bicyclic) bond motifs is 1. The summed E-state index contributed by atoms with van der Waals surface area (Å²) < 4.78 is 15.7. The molecular weight excluding hydrogens is 304 g/mol. The largest absolute Gasteiger partial charge is 0.492 e. The van der Waals surface area contributed by atoms with Crippen LogP contribution in [0.15, 0.2) is 39.5 Å². The minimum absolute atomic E-state index is 0.181. The Bertz CT molecular complexity index is 680. The van der Waals surface area contributed by atoms with E-state index < -0.39 is 5.63 Å². The molecule has 22 heavy (non-hydrogen) atoms. The zero-order valence-corrected chi connectivity index (χ0v) is 13.2. The SMILES string of the molecule is CCC(=O)OCCSCCOc1cc(=O)oc2ccccc12. The smallest absolute Gasteiger partial charge is 0.339 e. The summed E-state index contributed by atoms with van der Waals surface area (Å²) in [5.74, 6) is 1.83. The Hall–Kier alpha value is -1.95. The van der Waals surface area contributed by atoms with Crippen LogP contribution >= 0.6 is 11.8 Å². The Morgan fingerprint density at radius 1 is 1.23 bits per heavy atom. The number of carbonyl (C=O) groups is 1. The summed E-state index contributed by atoms with van der Waals surface area (Å²) in [4.78, 5) is 22.4. The maximum Gasteiger partial charge on any atom is 0.339 e. The van der Waals surface area contributed by atoms with Crippen molar-refractivity contribution in [2.45, 2.75) is 13.3 Å². The Morgan fingerprint density at radius 3 is 2.82 bits per heavy atom. The number of carbonyl (C=O) groups excluding carboxylic acids is 1. The van der Waals surface area contributed by atoms with E-state index >= 15 is 0 Å². The number of rotatable bonds is 8. The maximum atomic E-state index is 11.5. The van der Waals surface area contributed by atoms with Gasteiger partial charge in [-0.25, -0.2) is 4.79 Å². The second-order valence-corrected chi connectivity index (χ2v) is 5.69. The van der Waals surface area contributed by atoms with Gasteiger partial charge in [-0.15, -0.1) is 0 Å². The standard InChI is InChI=1S/C16H18O5S/c1-2-15(17)20-8-10-22-9-7-19-14-11-16(18)21-13-6-4-3-5-12(13)14/h3-6,11H,2,7-10H2,1H3. The quantitative estimate of drug-likeness (QED) is 0.423. The molecule has 0 spiro atoms. The van der Waals surface area contributed by atoms with Crippen LogP contribution in [-0.4, -0.2) is 30.7 Å². The second kappa shape index (κ2) is 8.48. The highest BCUT2D eigenvalue weighted by Crippen LogP contribution is 2.23. The molecule has 1 aromatic heterocycles. The van der Waals surface area contributed by atoms with Gasteiger partial charge in [-0.1, -0.05) is 19.1 Å². The highest BCUT2D eigenvalue weighted by Gasteiger charge is 2.05. The first kappa shape index (κ1) is 16.4. The summed E-state index contributed by atoms with van der Waals surface area (Å²) >= 11 is 1.63. The summed E-state index contributed by atoms with van der Waals surface area (Å²) in [5, 5.41) is 0.781. The average molecular weight is 322 g/mol. The van der Waals surface area contributed by atoms with Gasteiger partial charge in [-0.05, 0) is 12.1 Å². The van der Waals surface area contributed by atoms with E-state index in [1.807, 2.05) is 18.2 Å².